The van der Waals surface area contributed by atoms with E-state index < -0.39 is 0 Å². The van der Waals surface area contributed by atoms with E-state index in [1.54, 1.807) is 6.20 Å². The Kier molecular flexibility index (Phi) is 3.16. The van der Waals surface area contributed by atoms with Crippen molar-refractivity contribution >= 4 is 0 Å². The maximum atomic E-state index is 5.81. The van der Waals surface area contributed by atoms with Crippen LogP contribution in [0.15, 0.2) is 12.4 Å². The van der Waals surface area contributed by atoms with Crippen LogP contribution in [0.25, 0.3) is 0 Å². The molecule has 0 saturated heterocycles. The average Bonchev–Trinajstić information content (AvgIpc) is 2.70. The number of ether oxygens (including phenoxy) is 1. The average molecular weight is 195 g/mol. The molecule has 1 aliphatic carbocycles. The zero-order valence-electron chi connectivity index (χ0n) is 8.28. The number of hydrogen-bond donors (Lipinski definition) is 2. The maximum Gasteiger partial charge on any atom is 0.132 e. The smallest absolute Gasteiger partial charge is 0.132 e. The van der Waals surface area contributed by atoms with Crippen LogP contribution in [-0.4, -0.2) is 22.1 Å². The molecule has 3 N–H and O–H groups in total. The summed E-state index contributed by atoms with van der Waals surface area (Å²) in [4.78, 5) is 7.14. The van der Waals surface area contributed by atoms with Gasteiger partial charge in [-0.15, -0.1) is 0 Å². The van der Waals surface area contributed by atoms with Crippen LogP contribution in [-0.2, 0) is 11.3 Å². The molecule has 14 heavy (non-hydrogen) atoms. The lowest BCUT2D eigenvalue weighted by atomic mass is 9.94. The molecule has 4 heteroatoms. The third kappa shape index (κ3) is 2.56. The monoisotopic (exact) mass is 195 g/mol. The van der Waals surface area contributed by atoms with Gasteiger partial charge in [-0.05, 0) is 25.7 Å². The lowest BCUT2D eigenvalue weighted by Gasteiger charge is -2.25. The standard InChI is InChI=1S/C10H17N3O/c11-8-1-3-9(4-2-8)14-7-10-12-5-6-13-10/h5-6,8-9H,1-4,7,11H2,(H,12,13). The molecule has 1 saturated carbocycles. The van der Waals surface area contributed by atoms with Gasteiger partial charge >= 0.3 is 0 Å². The molecule has 0 atom stereocenters. The zero-order chi connectivity index (χ0) is 9.80. The molecule has 0 unspecified atom stereocenters. The van der Waals surface area contributed by atoms with E-state index in [2.05, 4.69) is 9.97 Å². The van der Waals surface area contributed by atoms with Gasteiger partial charge in [0.2, 0.25) is 0 Å². The van der Waals surface area contributed by atoms with E-state index >= 15 is 0 Å². The number of rotatable bonds is 3. The molecular formula is C10H17N3O. The van der Waals surface area contributed by atoms with E-state index in [0.29, 0.717) is 18.8 Å². The molecule has 0 bridgehead atoms. The summed E-state index contributed by atoms with van der Waals surface area (Å²) in [6.07, 6.45) is 8.28. The highest BCUT2D eigenvalue weighted by Gasteiger charge is 2.18. The highest BCUT2D eigenvalue weighted by molar-refractivity contribution is 4.84. The Bertz CT molecular complexity index is 252. The molecule has 0 aromatic carbocycles. The van der Waals surface area contributed by atoms with E-state index in [-0.39, 0.29) is 0 Å². The second-order valence-electron chi connectivity index (χ2n) is 3.88. The summed E-state index contributed by atoms with van der Waals surface area (Å²) in [7, 11) is 0. The molecule has 78 valence electrons. The molecule has 0 spiro atoms. The number of H-pyrrole nitrogens is 1. The number of nitrogens with one attached hydrogen (secondary N) is 1. The van der Waals surface area contributed by atoms with Crippen molar-refractivity contribution in [2.45, 2.75) is 44.4 Å². The molecule has 1 aromatic heterocycles. The van der Waals surface area contributed by atoms with Crippen LogP contribution >= 0.6 is 0 Å². The fourth-order valence-corrected chi connectivity index (χ4v) is 1.83. The highest BCUT2D eigenvalue weighted by Crippen LogP contribution is 2.20. The second-order valence-corrected chi connectivity index (χ2v) is 3.88. The van der Waals surface area contributed by atoms with Crippen LogP contribution in [0.5, 0.6) is 0 Å². The van der Waals surface area contributed by atoms with Crippen molar-refractivity contribution in [3.05, 3.63) is 18.2 Å². The molecule has 2 rings (SSSR count). The molecule has 1 aromatic rings. The molecular weight excluding hydrogens is 178 g/mol. The first-order chi connectivity index (χ1) is 6.84. The van der Waals surface area contributed by atoms with Crippen molar-refractivity contribution in [2.75, 3.05) is 0 Å². The van der Waals surface area contributed by atoms with Crippen LogP contribution in [0.2, 0.25) is 0 Å². The van der Waals surface area contributed by atoms with Gasteiger partial charge in [0.25, 0.3) is 0 Å². The molecule has 1 heterocycles. The van der Waals surface area contributed by atoms with E-state index in [0.717, 1.165) is 31.5 Å². The van der Waals surface area contributed by atoms with Gasteiger partial charge in [-0.1, -0.05) is 0 Å². The first-order valence-corrected chi connectivity index (χ1v) is 5.20. The summed E-state index contributed by atoms with van der Waals surface area (Å²) in [5.41, 5.74) is 5.81. The van der Waals surface area contributed by atoms with Crippen LogP contribution in [0.1, 0.15) is 31.5 Å². The summed E-state index contributed by atoms with van der Waals surface area (Å²) >= 11 is 0. The zero-order valence-corrected chi connectivity index (χ0v) is 8.28. The quantitative estimate of drug-likeness (QED) is 0.761. The van der Waals surface area contributed by atoms with Crippen molar-refractivity contribution in [3.63, 3.8) is 0 Å². The number of nitrogens with two attached hydrogens (primary N) is 1. The van der Waals surface area contributed by atoms with Gasteiger partial charge in [0.1, 0.15) is 12.4 Å². The molecule has 0 amide bonds. The van der Waals surface area contributed by atoms with Gasteiger partial charge in [0.05, 0.1) is 6.10 Å². The summed E-state index contributed by atoms with van der Waals surface area (Å²) in [6, 6.07) is 0.387. The summed E-state index contributed by atoms with van der Waals surface area (Å²) in [5, 5.41) is 0. The minimum absolute atomic E-state index is 0.375. The number of hydrogen-bond acceptors (Lipinski definition) is 3. The van der Waals surface area contributed by atoms with Crippen molar-refractivity contribution in [1.29, 1.82) is 0 Å². The van der Waals surface area contributed by atoms with Crippen LogP contribution in [0.3, 0.4) is 0 Å². The van der Waals surface area contributed by atoms with E-state index in [4.69, 9.17) is 10.5 Å². The Labute approximate surface area is 83.9 Å². The van der Waals surface area contributed by atoms with Crippen LogP contribution in [0.4, 0.5) is 0 Å². The maximum absolute atomic E-state index is 5.81. The van der Waals surface area contributed by atoms with Gasteiger partial charge in [-0.2, -0.15) is 0 Å². The summed E-state index contributed by atoms with van der Waals surface area (Å²) in [5.74, 6) is 0.903. The first kappa shape index (κ1) is 9.68. The van der Waals surface area contributed by atoms with Crippen molar-refractivity contribution < 1.29 is 4.74 Å². The van der Waals surface area contributed by atoms with E-state index in [1.165, 1.54) is 0 Å². The summed E-state index contributed by atoms with van der Waals surface area (Å²) < 4.78 is 5.73. The molecule has 1 fully saturated rings. The van der Waals surface area contributed by atoms with Crippen molar-refractivity contribution in [3.8, 4) is 0 Å². The van der Waals surface area contributed by atoms with E-state index in [9.17, 15) is 0 Å². The van der Waals surface area contributed by atoms with Crippen LogP contribution < -0.4 is 5.73 Å². The van der Waals surface area contributed by atoms with E-state index in [1.807, 2.05) is 6.20 Å². The third-order valence-corrected chi connectivity index (χ3v) is 2.73. The van der Waals surface area contributed by atoms with Crippen molar-refractivity contribution in [2.24, 2.45) is 5.73 Å². The van der Waals surface area contributed by atoms with Gasteiger partial charge < -0.3 is 15.5 Å². The normalized spacial score (nSPS) is 27.8. The molecule has 0 aliphatic heterocycles. The van der Waals surface area contributed by atoms with Gasteiger partial charge in [0, 0.05) is 18.4 Å². The van der Waals surface area contributed by atoms with Gasteiger partial charge in [-0.25, -0.2) is 4.98 Å². The fourth-order valence-electron chi connectivity index (χ4n) is 1.83. The Morgan fingerprint density at radius 2 is 2.21 bits per heavy atom. The Morgan fingerprint density at radius 3 is 2.86 bits per heavy atom. The Hall–Kier alpha value is -0.870. The number of imidazole rings is 1. The third-order valence-electron chi connectivity index (χ3n) is 2.73. The SMILES string of the molecule is NC1CCC(OCc2ncc[nH]2)CC1. The molecule has 4 nitrogen and oxygen atoms in total. The minimum atomic E-state index is 0.375. The summed E-state index contributed by atoms with van der Waals surface area (Å²) in [6.45, 7) is 0.590. The fraction of sp³-hybridized carbons (Fsp3) is 0.700. The van der Waals surface area contributed by atoms with Crippen LogP contribution in [0, 0.1) is 0 Å². The van der Waals surface area contributed by atoms with Crippen molar-refractivity contribution in [1.82, 2.24) is 9.97 Å². The highest BCUT2D eigenvalue weighted by atomic mass is 16.5. The molecule has 1 aliphatic rings. The largest absolute Gasteiger partial charge is 0.370 e. The lowest BCUT2D eigenvalue weighted by molar-refractivity contribution is 0.0108. The second kappa shape index (κ2) is 4.57. The Balaban J connectivity index is 1.71. The number of nitrogens with zero attached hydrogens (tertiary/aromatic N) is 1. The first-order valence-electron chi connectivity index (χ1n) is 5.20. The minimum Gasteiger partial charge on any atom is -0.370 e. The number of aromatic nitrogens is 2. The number of aromatic amines is 1. The predicted octanol–water partition coefficient (Wildman–Crippen LogP) is 1.20. The Morgan fingerprint density at radius 1 is 1.43 bits per heavy atom. The topological polar surface area (TPSA) is 63.9 Å². The lowest BCUT2D eigenvalue weighted by Crippen LogP contribution is -2.30. The molecule has 0 radical (unpaired) electrons. The predicted molar refractivity (Wildman–Crippen MR) is 53.6 cm³/mol. The van der Waals surface area contributed by atoms with Gasteiger partial charge in [-0.3, -0.25) is 0 Å². The van der Waals surface area contributed by atoms with Gasteiger partial charge in [0.15, 0.2) is 0 Å².